The second-order valence-electron chi connectivity index (χ2n) is 5.22. The van der Waals surface area contributed by atoms with Gasteiger partial charge in [-0.05, 0) is 28.8 Å². The number of carbonyl (C=O) groups excluding carboxylic acids is 1. The summed E-state index contributed by atoms with van der Waals surface area (Å²) in [6.07, 6.45) is 5.46. The number of amides is 1. The van der Waals surface area contributed by atoms with E-state index in [9.17, 15) is 9.18 Å². The highest BCUT2D eigenvalue weighted by Crippen LogP contribution is 2.26. The molecule has 3 heterocycles. The summed E-state index contributed by atoms with van der Waals surface area (Å²) in [5.41, 5.74) is -0.807. The Morgan fingerprint density at radius 2 is 2.29 bits per heavy atom. The van der Waals surface area contributed by atoms with E-state index in [0.29, 0.717) is 28.9 Å². The lowest BCUT2D eigenvalue weighted by molar-refractivity contribution is 0.00147. The van der Waals surface area contributed by atoms with Gasteiger partial charge in [0.25, 0.3) is 5.91 Å². The zero-order valence-corrected chi connectivity index (χ0v) is 12.8. The molecule has 1 aliphatic rings. The number of rotatable bonds is 2. The first-order valence-electron chi connectivity index (χ1n) is 6.60. The number of aromatic nitrogens is 3. The Bertz CT molecular complexity index is 692. The Kier molecular flexibility index (Phi) is 3.66. The Hall–Kier alpha value is -1.54. The fourth-order valence-electron chi connectivity index (χ4n) is 2.58. The molecular formula is C13H14BrFN4O2. The normalized spacial score (nSPS) is 22.7. The zero-order chi connectivity index (χ0) is 15.0. The van der Waals surface area contributed by atoms with E-state index >= 15 is 0 Å². The van der Waals surface area contributed by atoms with Crippen LogP contribution in [0.4, 0.5) is 4.39 Å². The zero-order valence-electron chi connectivity index (χ0n) is 11.2. The molecule has 0 spiro atoms. The van der Waals surface area contributed by atoms with E-state index < -0.39 is 12.3 Å². The molecule has 0 aliphatic carbocycles. The number of carbonyl (C=O) groups is 1. The topological polar surface area (TPSA) is 70.7 Å². The van der Waals surface area contributed by atoms with Crippen molar-refractivity contribution in [2.24, 2.45) is 0 Å². The number of fused-ring (bicyclic) bond motifs is 1. The minimum Gasteiger partial charge on any atom is -0.393 e. The van der Waals surface area contributed by atoms with Crippen LogP contribution >= 0.6 is 15.9 Å². The maximum Gasteiger partial charge on any atom is 0.272 e. The molecule has 2 aromatic rings. The van der Waals surface area contributed by atoms with E-state index in [1.807, 2.05) is 0 Å². The average molecular weight is 357 g/mol. The fourth-order valence-corrected chi connectivity index (χ4v) is 2.88. The monoisotopic (exact) mass is 356 g/mol. The Balaban J connectivity index is 1.92. The molecule has 0 bridgehead atoms. The molecule has 8 heteroatoms. The van der Waals surface area contributed by atoms with Gasteiger partial charge < -0.3 is 10.0 Å². The molecule has 1 fully saturated rings. The average Bonchev–Trinajstić information content (AvgIpc) is 2.89. The van der Waals surface area contributed by atoms with E-state index in [2.05, 4.69) is 25.9 Å². The summed E-state index contributed by atoms with van der Waals surface area (Å²) in [7, 11) is 0. The lowest BCUT2D eigenvalue weighted by Crippen LogP contribution is -2.50. The number of halogens is 2. The van der Waals surface area contributed by atoms with Crippen LogP contribution in [0, 0.1) is 0 Å². The number of nitrogens with zero attached hydrogens (tertiary/aromatic N) is 4. The first-order valence-corrected chi connectivity index (χ1v) is 7.39. The van der Waals surface area contributed by atoms with Crippen LogP contribution in [0.3, 0.4) is 0 Å². The highest BCUT2D eigenvalue weighted by molar-refractivity contribution is 9.10. The number of likely N-dealkylation sites (tertiary alicyclic amines) is 1. The summed E-state index contributed by atoms with van der Waals surface area (Å²) in [4.78, 5) is 22.2. The molecule has 1 atom stereocenters. The predicted octanol–water partition coefficient (Wildman–Crippen LogP) is 1.43. The number of piperidine rings is 1. The van der Waals surface area contributed by atoms with Crippen molar-refractivity contribution in [2.45, 2.75) is 18.5 Å². The minimum atomic E-state index is -1.71. The Morgan fingerprint density at radius 1 is 1.48 bits per heavy atom. The van der Waals surface area contributed by atoms with Gasteiger partial charge in [0.15, 0.2) is 11.3 Å². The van der Waals surface area contributed by atoms with Gasteiger partial charge in [0.05, 0.1) is 25.5 Å². The molecule has 21 heavy (non-hydrogen) atoms. The van der Waals surface area contributed by atoms with Gasteiger partial charge in [0, 0.05) is 12.7 Å². The van der Waals surface area contributed by atoms with Crippen molar-refractivity contribution in [3.8, 4) is 0 Å². The third-order valence-corrected chi connectivity index (χ3v) is 4.09. The van der Waals surface area contributed by atoms with E-state index in [-0.39, 0.29) is 18.9 Å². The van der Waals surface area contributed by atoms with Gasteiger partial charge in [-0.15, -0.1) is 0 Å². The summed E-state index contributed by atoms with van der Waals surface area (Å²) >= 11 is 3.25. The van der Waals surface area contributed by atoms with Gasteiger partial charge in [-0.25, -0.2) is 14.4 Å². The van der Waals surface area contributed by atoms with Crippen molar-refractivity contribution < 1.29 is 14.3 Å². The maximum absolute atomic E-state index is 14.2. The van der Waals surface area contributed by atoms with Crippen LogP contribution in [0.1, 0.15) is 23.3 Å². The van der Waals surface area contributed by atoms with Crippen LogP contribution in [-0.2, 0) is 0 Å². The quantitative estimate of drug-likeness (QED) is 0.883. The largest absolute Gasteiger partial charge is 0.393 e. The number of imidazole rings is 1. The smallest absolute Gasteiger partial charge is 0.272 e. The summed E-state index contributed by atoms with van der Waals surface area (Å²) in [5, 5.41) is 9.14. The first kappa shape index (κ1) is 14.4. The van der Waals surface area contributed by atoms with Gasteiger partial charge >= 0.3 is 0 Å². The van der Waals surface area contributed by atoms with Gasteiger partial charge in [-0.2, -0.15) is 0 Å². The first-order chi connectivity index (χ1) is 10.0. The van der Waals surface area contributed by atoms with Crippen LogP contribution in [-0.4, -0.2) is 55.6 Å². The standard InChI is InChI=1S/C13H14BrFN4O2/c14-10-6-19-9(4-17-11(19)5-16-10)12(21)18-3-1-2-13(15,7-18)8-20/h4-6,20H,1-3,7-8H2/t13-/m1/s1. The van der Waals surface area contributed by atoms with Gasteiger partial charge in [0.1, 0.15) is 10.3 Å². The van der Waals surface area contributed by atoms with Crippen molar-refractivity contribution in [3.63, 3.8) is 0 Å². The van der Waals surface area contributed by atoms with E-state index in [1.165, 1.54) is 11.1 Å². The van der Waals surface area contributed by atoms with Gasteiger partial charge in [-0.1, -0.05) is 0 Å². The van der Waals surface area contributed by atoms with E-state index in [0.717, 1.165) is 0 Å². The summed E-state index contributed by atoms with van der Waals surface area (Å²) < 4.78 is 16.4. The molecule has 2 aromatic heterocycles. The van der Waals surface area contributed by atoms with Gasteiger partial charge in [0.2, 0.25) is 0 Å². The van der Waals surface area contributed by atoms with Crippen molar-refractivity contribution in [1.82, 2.24) is 19.3 Å². The molecule has 1 saturated heterocycles. The van der Waals surface area contributed by atoms with Crippen LogP contribution in [0.2, 0.25) is 0 Å². The lowest BCUT2D eigenvalue weighted by atomic mass is 9.95. The van der Waals surface area contributed by atoms with Gasteiger partial charge in [-0.3, -0.25) is 9.20 Å². The highest BCUT2D eigenvalue weighted by atomic mass is 79.9. The highest BCUT2D eigenvalue weighted by Gasteiger charge is 2.37. The molecular weight excluding hydrogens is 343 g/mol. The van der Waals surface area contributed by atoms with Crippen molar-refractivity contribution in [3.05, 3.63) is 28.9 Å². The molecule has 6 nitrogen and oxygen atoms in total. The lowest BCUT2D eigenvalue weighted by Gasteiger charge is -2.36. The maximum atomic E-state index is 14.2. The molecule has 1 amide bonds. The van der Waals surface area contributed by atoms with E-state index in [4.69, 9.17) is 5.11 Å². The van der Waals surface area contributed by atoms with Crippen molar-refractivity contribution in [2.75, 3.05) is 19.7 Å². The fraction of sp³-hybridized carbons (Fsp3) is 0.462. The number of alkyl halides is 1. The molecule has 0 radical (unpaired) electrons. The van der Waals surface area contributed by atoms with Crippen molar-refractivity contribution in [1.29, 1.82) is 0 Å². The molecule has 112 valence electrons. The minimum absolute atomic E-state index is 0.0954. The van der Waals surface area contributed by atoms with Crippen LogP contribution in [0.5, 0.6) is 0 Å². The molecule has 1 N–H and O–H groups in total. The van der Waals surface area contributed by atoms with Crippen LogP contribution < -0.4 is 0 Å². The van der Waals surface area contributed by atoms with Crippen LogP contribution in [0.15, 0.2) is 23.2 Å². The van der Waals surface area contributed by atoms with E-state index in [1.54, 1.807) is 16.8 Å². The number of aliphatic hydroxyl groups excluding tert-OH is 1. The summed E-state index contributed by atoms with van der Waals surface area (Å²) in [5.74, 6) is -0.296. The van der Waals surface area contributed by atoms with Crippen LogP contribution in [0.25, 0.3) is 5.65 Å². The SMILES string of the molecule is O=C(c1cnc2cnc(Br)cn12)N1CCC[C@](F)(CO)C1. The third-order valence-electron chi connectivity index (χ3n) is 3.68. The second-order valence-corrected chi connectivity index (χ2v) is 6.03. The number of aliphatic hydroxyl groups is 1. The van der Waals surface area contributed by atoms with Crippen molar-refractivity contribution >= 4 is 27.5 Å². The molecule has 0 aromatic carbocycles. The second kappa shape index (κ2) is 5.34. The summed E-state index contributed by atoms with van der Waals surface area (Å²) in [6.45, 7) is -0.189. The molecule has 1 aliphatic heterocycles. The molecule has 0 saturated carbocycles. The Labute approximate surface area is 128 Å². The molecule has 3 rings (SSSR count). The third kappa shape index (κ3) is 2.65. The predicted molar refractivity (Wildman–Crippen MR) is 76.7 cm³/mol. The number of hydrogen-bond acceptors (Lipinski definition) is 4. The molecule has 0 unspecified atom stereocenters. The Morgan fingerprint density at radius 3 is 3.05 bits per heavy atom. The number of hydrogen-bond donors (Lipinski definition) is 1. The summed E-state index contributed by atoms with van der Waals surface area (Å²) in [6, 6.07) is 0.